The second kappa shape index (κ2) is 6.54. The Balaban J connectivity index is 2.19. The van der Waals surface area contributed by atoms with Gasteiger partial charge in [-0.25, -0.2) is 0 Å². The average Bonchev–Trinajstić information content (AvgIpc) is 2.41. The van der Waals surface area contributed by atoms with Crippen LogP contribution in [-0.4, -0.2) is 34.7 Å². The van der Waals surface area contributed by atoms with E-state index in [0.717, 1.165) is 0 Å². The molecule has 21 heavy (non-hydrogen) atoms. The average molecular weight is 332 g/mol. The second-order valence-electron chi connectivity index (χ2n) is 4.92. The quantitative estimate of drug-likeness (QED) is 0.924. The number of likely N-dealkylation sites (tertiary alicyclic amines) is 1. The van der Waals surface area contributed by atoms with Gasteiger partial charge in [0.15, 0.2) is 6.23 Å². The van der Waals surface area contributed by atoms with Gasteiger partial charge in [0.05, 0.1) is 10.9 Å². The summed E-state index contributed by atoms with van der Waals surface area (Å²) in [6, 6.07) is 4.76. The first-order valence-electron chi connectivity index (χ1n) is 6.50. The maximum atomic E-state index is 11.7. The summed E-state index contributed by atoms with van der Waals surface area (Å²) in [5.41, 5.74) is 0. The van der Waals surface area contributed by atoms with Gasteiger partial charge in [0.2, 0.25) is 5.91 Å². The molecule has 1 fully saturated rings. The minimum atomic E-state index is -0.881. The molecule has 7 heteroatoms. The van der Waals surface area contributed by atoms with Gasteiger partial charge in [0.25, 0.3) is 0 Å². The molecule has 1 aromatic rings. The van der Waals surface area contributed by atoms with E-state index in [1.807, 2.05) is 0 Å². The van der Waals surface area contributed by atoms with E-state index < -0.39 is 18.1 Å². The van der Waals surface area contributed by atoms with Gasteiger partial charge in [-0.1, -0.05) is 23.2 Å². The van der Waals surface area contributed by atoms with Crippen molar-refractivity contribution in [2.24, 2.45) is 5.92 Å². The van der Waals surface area contributed by atoms with Crippen LogP contribution in [0.1, 0.15) is 19.8 Å². The first kappa shape index (κ1) is 15.9. The Labute approximate surface area is 132 Å². The molecule has 2 atom stereocenters. The molecule has 0 radical (unpaired) electrons. The van der Waals surface area contributed by atoms with E-state index in [1.165, 1.54) is 17.9 Å². The summed E-state index contributed by atoms with van der Waals surface area (Å²) in [5.74, 6) is -1.19. The molecule has 114 valence electrons. The third-order valence-corrected chi connectivity index (χ3v) is 3.99. The van der Waals surface area contributed by atoms with E-state index in [0.29, 0.717) is 28.8 Å². The van der Waals surface area contributed by atoms with Crippen molar-refractivity contribution in [3.05, 3.63) is 28.2 Å². The number of amides is 1. The molecule has 0 aromatic heterocycles. The highest BCUT2D eigenvalue weighted by Gasteiger charge is 2.35. The number of carbonyl (C=O) groups excluding carboxylic acids is 1. The van der Waals surface area contributed by atoms with Gasteiger partial charge in [-0.15, -0.1) is 0 Å². The van der Waals surface area contributed by atoms with Crippen LogP contribution in [0, 0.1) is 5.92 Å². The molecule has 2 rings (SSSR count). The lowest BCUT2D eigenvalue weighted by molar-refractivity contribution is -0.153. The number of nitrogens with zero attached hydrogens (tertiary/aromatic N) is 1. The minimum Gasteiger partial charge on any atom is -0.481 e. The van der Waals surface area contributed by atoms with Crippen molar-refractivity contribution in [2.45, 2.75) is 26.0 Å². The van der Waals surface area contributed by atoms with E-state index in [-0.39, 0.29) is 12.3 Å². The highest BCUT2D eigenvalue weighted by Crippen LogP contribution is 2.32. The summed E-state index contributed by atoms with van der Waals surface area (Å²) >= 11 is 11.9. The standard InChI is InChI=1S/C14H15Cl2NO4/c1-8(18)17-5-4-9(14(19)20)6-13(17)21-12-3-2-10(15)7-11(12)16/h2-3,7,9,13H,4-6H2,1H3,(H,19,20). The van der Waals surface area contributed by atoms with Gasteiger partial charge in [0, 0.05) is 24.9 Å². The summed E-state index contributed by atoms with van der Waals surface area (Å²) in [7, 11) is 0. The molecule has 0 saturated carbocycles. The monoisotopic (exact) mass is 331 g/mol. The van der Waals surface area contributed by atoms with Crippen molar-refractivity contribution in [3.63, 3.8) is 0 Å². The summed E-state index contributed by atoms with van der Waals surface area (Å²) in [6.45, 7) is 1.78. The van der Waals surface area contributed by atoms with Gasteiger partial charge in [-0.3, -0.25) is 9.59 Å². The SMILES string of the molecule is CC(=O)N1CCC(C(=O)O)CC1Oc1ccc(Cl)cc1Cl. The van der Waals surface area contributed by atoms with Gasteiger partial charge in [0.1, 0.15) is 5.75 Å². The Morgan fingerprint density at radius 1 is 1.38 bits per heavy atom. The highest BCUT2D eigenvalue weighted by molar-refractivity contribution is 6.35. The first-order valence-corrected chi connectivity index (χ1v) is 7.26. The van der Waals surface area contributed by atoms with Crippen LogP contribution < -0.4 is 4.74 Å². The third kappa shape index (κ3) is 3.80. The Kier molecular flexibility index (Phi) is 4.96. The van der Waals surface area contributed by atoms with Crippen LogP contribution >= 0.6 is 23.2 Å². The lowest BCUT2D eigenvalue weighted by Crippen LogP contribution is -2.49. The normalized spacial score (nSPS) is 22.0. The number of piperidine rings is 1. The van der Waals surface area contributed by atoms with Crippen LogP contribution in [0.15, 0.2) is 18.2 Å². The zero-order valence-corrected chi connectivity index (χ0v) is 12.9. The Morgan fingerprint density at radius 2 is 2.10 bits per heavy atom. The maximum absolute atomic E-state index is 11.7. The molecule has 1 heterocycles. The number of carboxylic acids is 1. The van der Waals surface area contributed by atoms with Crippen molar-refractivity contribution in [2.75, 3.05) is 6.54 Å². The van der Waals surface area contributed by atoms with Gasteiger partial charge < -0.3 is 14.7 Å². The molecule has 0 bridgehead atoms. The van der Waals surface area contributed by atoms with Crippen LogP contribution in [0.2, 0.25) is 10.0 Å². The predicted molar refractivity (Wildman–Crippen MR) is 78.6 cm³/mol. The molecular formula is C14H15Cl2NO4. The molecule has 0 spiro atoms. The zero-order valence-electron chi connectivity index (χ0n) is 11.4. The van der Waals surface area contributed by atoms with Gasteiger partial charge >= 0.3 is 5.97 Å². The number of carbonyl (C=O) groups is 2. The topological polar surface area (TPSA) is 66.8 Å². The fraction of sp³-hybridized carbons (Fsp3) is 0.429. The summed E-state index contributed by atoms with van der Waals surface area (Å²) < 4.78 is 5.75. The Bertz CT molecular complexity index is 564. The summed E-state index contributed by atoms with van der Waals surface area (Å²) in [6.07, 6.45) is 0.00722. The number of carboxylic acid groups (broad SMARTS) is 1. The first-order chi connectivity index (χ1) is 9.88. The smallest absolute Gasteiger partial charge is 0.306 e. The molecule has 1 aliphatic rings. The molecular weight excluding hydrogens is 317 g/mol. The van der Waals surface area contributed by atoms with Crippen molar-refractivity contribution in [1.29, 1.82) is 0 Å². The van der Waals surface area contributed by atoms with E-state index in [9.17, 15) is 9.59 Å². The summed E-state index contributed by atoms with van der Waals surface area (Å²) in [5, 5.41) is 9.93. The van der Waals surface area contributed by atoms with Crippen molar-refractivity contribution < 1.29 is 19.4 Å². The number of ether oxygens (including phenoxy) is 1. The van der Waals surface area contributed by atoms with Crippen molar-refractivity contribution in [1.82, 2.24) is 4.90 Å². The molecule has 0 aliphatic carbocycles. The number of halogens is 2. The van der Waals surface area contributed by atoms with E-state index in [2.05, 4.69) is 0 Å². The molecule has 5 nitrogen and oxygen atoms in total. The van der Waals surface area contributed by atoms with Crippen LogP contribution in [0.3, 0.4) is 0 Å². The van der Waals surface area contributed by atoms with E-state index in [1.54, 1.807) is 12.1 Å². The Morgan fingerprint density at radius 3 is 2.67 bits per heavy atom. The number of aliphatic carboxylic acids is 1. The van der Waals surface area contributed by atoms with E-state index in [4.69, 9.17) is 33.0 Å². The predicted octanol–water partition coefficient (Wildman–Crippen LogP) is 3.04. The molecule has 1 saturated heterocycles. The summed E-state index contributed by atoms with van der Waals surface area (Å²) in [4.78, 5) is 24.3. The number of rotatable bonds is 3. The van der Waals surface area contributed by atoms with Gasteiger partial charge in [-0.05, 0) is 24.6 Å². The molecule has 1 amide bonds. The highest BCUT2D eigenvalue weighted by atomic mass is 35.5. The lowest BCUT2D eigenvalue weighted by atomic mass is 9.95. The largest absolute Gasteiger partial charge is 0.481 e. The van der Waals surface area contributed by atoms with E-state index >= 15 is 0 Å². The number of hydrogen-bond acceptors (Lipinski definition) is 3. The minimum absolute atomic E-state index is 0.158. The molecule has 1 aliphatic heterocycles. The maximum Gasteiger partial charge on any atom is 0.306 e. The van der Waals surface area contributed by atoms with Gasteiger partial charge in [-0.2, -0.15) is 0 Å². The third-order valence-electron chi connectivity index (χ3n) is 3.46. The van der Waals surface area contributed by atoms with Crippen molar-refractivity contribution >= 4 is 35.1 Å². The van der Waals surface area contributed by atoms with Crippen LogP contribution in [0.25, 0.3) is 0 Å². The molecule has 1 aromatic carbocycles. The van der Waals surface area contributed by atoms with Crippen LogP contribution in [0.5, 0.6) is 5.75 Å². The lowest BCUT2D eigenvalue weighted by Gasteiger charge is -2.37. The fourth-order valence-electron chi connectivity index (χ4n) is 2.34. The van der Waals surface area contributed by atoms with Crippen LogP contribution in [0.4, 0.5) is 0 Å². The molecule has 1 N–H and O–H groups in total. The number of hydrogen-bond donors (Lipinski definition) is 1. The van der Waals surface area contributed by atoms with Crippen LogP contribution in [-0.2, 0) is 9.59 Å². The Hall–Kier alpha value is -1.46. The fourth-order valence-corrected chi connectivity index (χ4v) is 2.79. The zero-order chi connectivity index (χ0) is 15.6. The second-order valence-corrected chi connectivity index (χ2v) is 5.76. The molecule has 2 unspecified atom stereocenters. The number of benzene rings is 1. The van der Waals surface area contributed by atoms with Crippen molar-refractivity contribution in [3.8, 4) is 5.75 Å².